The lowest BCUT2D eigenvalue weighted by Gasteiger charge is -2.05. The van der Waals surface area contributed by atoms with Gasteiger partial charge in [0.15, 0.2) is 6.20 Å². The van der Waals surface area contributed by atoms with Crippen LogP contribution in [0.1, 0.15) is 11.4 Å². The monoisotopic (exact) mass is 207 g/mol. The van der Waals surface area contributed by atoms with Crippen molar-refractivity contribution in [2.24, 2.45) is 0 Å². The van der Waals surface area contributed by atoms with Gasteiger partial charge in [0.1, 0.15) is 0 Å². The van der Waals surface area contributed by atoms with Crippen molar-refractivity contribution < 1.29 is 18.1 Å². The van der Waals surface area contributed by atoms with Gasteiger partial charge >= 0.3 is 12.0 Å². The number of rotatable bonds is 1. The molecule has 5 nitrogen and oxygen atoms in total. The number of halogens is 3. The lowest BCUT2D eigenvalue weighted by molar-refractivity contribution is -0.393. The summed E-state index contributed by atoms with van der Waals surface area (Å²) < 4.78 is 36.5. The molecule has 0 unspecified atom stereocenters. The summed E-state index contributed by atoms with van der Waals surface area (Å²) in [6, 6.07) is 0. The summed E-state index contributed by atoms with van der Waals surface area (Å²) in [5, 5.41) is 10.2. The summed E-state index contributed by atoms with van der Waals surface area (Å²) in [6.45, 7) is 1.27. The third kappa shape index (κ3) is 1.95. The molecule has 0 fully saturated rings. The standard InChI is InChI=1S/C6H4F3N3O2/c1-3-2-10-5(12(13)14)4(11-3)6(7,8)9/h2H,1H3. The number of hydrogen-bond acceptors (Lipinski definition) is 4. The molecular formula is C6H4F3N3O2. The quantitative estimate of drug-likeness (QED) is 0.519. The number of alkyl halides is 3. The van der Waals surface area contributed by atoms with Gasteiger partial charge in [0, 0.05) is 0 Å². The Balaban J connectivity index is 3.38. The lowest BCUT2D eigenvalue weighted by Crippen LogP contribution is -2.13. The van der Waals surface area contributed by atoms with Crippen LogP contribution in [0, 0.1) is 17.0 Å². The SMILES string of the molecule is Cc1cnc([N+](=O)[O-])c(C(F)(F)F)n1. The third-order valence-corrected chi connectivity index (χ3v) is 1.32. The summed E-state index contributed by atoms with van der Waals surface area (Å²) in [7, 11) is 0. The van der Waals surface area contributed by atoms with Gasteiger partial charge in [-0.1, -0.05) is 0 Å². The first-order valence-corrected chi connectivity index (χ1v) is 3.37. The smallest absolute Gasteiger partial charge is 0.358 e. The molecule has 0 radical (unpaired) electrons. The Kier molecular flexibility index (Phi) is 2.37. The minimum Gasteiger partial charge on any atom is -0.358 e. The molecule has 0 saturated carbocycles. The first kappa shape index (κ1) is 10.4. The predicted molar refractivity (Wildman–Crippen MR) is 38.4 cm³/mol. The molecule has 14 heavy (non-hydrogen) atoms. The number of nitrogens with zero attached hydrogens (tertiary/aromatic N) is 3. The van der Waals surface area contributed by atoms with Gasteiger partial charge in [0.2, 0.25) is 5.69 Å². The molecule has 0 saturated heterocycles. The maximum atomic E-state index is 12.2. The number of aromatic nitrogens is 2. The van der Waals surface area contributed by atoms with Crippen LogP contribution in [0.4, 0.5) is 19.0 Å². The second-order valence-electron chi connectivity index (χ2n) is 2.44. The molecule has 8 heteroatoms. The van der Waals surface area contributed by atoms with Crippen molar-refractivity contribution in [2.75, 3.05) is 0 Å². The normalized spacial score (nSPS) is 11.4. The Morgan fingerprint density at radius 1 is 1.50 bits per heavy atom. The summed E-state index contributed by atoms with van der Waals surface area (Å²) in [5.41, 5.74) is -1.59. The first-order valence-electron chi connectivity index (χ1n) is 3.37. The molecular weight excluding hydrogens is 203 g/mol. The fourth-order valence-corrected chi connectivity index (χ4v) is 0.795. The topological polar surface area (TPSA) is 68.9 Å². The molecule has 0 aliphatic rings. The van der Waals surface area contributed by atoms with Crippen molar-refractivity contribution in [3.05, 3.63) is 27.7 Å². The van der Waals surface area contributed by atoms with Gasteiger partial charge in [-0.05, 0) is 16.8 Å². The second-order valence-corrected chi connectivity index (χ2v) is 2.44. The summed E-state index contributed by atoms with van der Waals surface area (Å²) in [4.78, 5) is 15.1. The molecule has 1 heterocycles. The molecule has 0 spiro atoms. The van der Waals surface area contributed by atoms with E-state index in [0.29, 0.717) is 0 Å². The first-order chi connectivity index (χ1) is 6.32. The van der Waals surface area contributed by atoms with Crippen LogP contribution in [0.15, 0.2) is 6.20 Å². The van der Waals surface area contributed by atoms with Gasteiger partial charge in [0.05, 0.1) is 5.69 Å². The molecule has 0 aliphatic carbocycles. The average Bonchev–Trinajstić information content (AvgIpc) is 2.01. The van der Waals surface area contributed by atoms with Crippen molar-refractivity contribution in [3.8, 4) is 0 Å². The highest BCUT2D eigenvalue weighted by Gasteiger charge is 2.41. The molecule has 76 valence electrons. The molecule has 0 bridgehead atoms. The zero-order valence-electron chi connectivity index (χ0n) is 6.87. The Morgan fingerprint density at radius 3 is 2.50 bits per heavy atom. The Labute approximate surface area is 75.8 Å². The molecule has 0 N–H and O–H groups in total. The largest absolute Gasteiger partial charge is 0.441 e. The molecule has 1 aromatic heterocycles. The molecule has 0 aromatic carbocycles. The fraction of sp³-hybridized carbons (Fsp3) is 0.333. The van der Waals surface area contributed by atoms with E-state index in [1.54, 1.807) is 0 Å². The summed E-state index contributed by atoms with van der Waals surface area (Å²) in [6.07, 6.45) is -3.95. The minimum atomic E-state index is -4.86. The van der Waals surface area contributed by atoms with Crippen LogP contribution in [0.3, 0.4) is 0 Å². The van der Waals surface area contributed by atoms with Crippen molar-refractivity contribution in [2.45, 2.75) is 13.1 Å². The van der Waals surface area contributed by atoms with Crippen LogP contribution < -0.4 is 0 Å². The fourth-order valence-electron chi connectivity index (χ4n) is 0.795. The molecule has 0 atom stereocenters. The van der Waals surface area contributed by atoms with Crippen molar-refractivity contribution in [1.82, 2.24) is 9.97 Å². The molecule has 0 amide bonds. The Morgan fingerprint density at radius 2 is 2.07 bits per heavy atom. The van der Waals surface area contributed by atoms with Gasteiger partial charge in [-0.2, -0.15) is 13.2 Å². The third-order valence-electron chi connectivity index (χ3n) is 1.32. The van der Waals surface area contributed by atoms with E-state index in [1.807, 2.05) is 0 Å². The highest BCUT2D eigenvalue weighted by Crippen LogP contribution is 2.32. The number of aryl methyl sites for hydroxylation is 1. The summed E-state index contributed by atoms with van der Waals surface area (Å²) in [5.74, 6) is -1.27. The van der Waals surface area contributed by atoms with Crippen LogP contribution in [-0.2, 0) is 6.18 Å². The van der Waals surface area contributed by atoms with Gasteiger partial charge in [0.25, 0.3) is 0 Å². The van der Waals surface area contributed by atoms with Crippen LogP contribution in [-0.4, -0.2) is 14.9 Å². The number of nitro groups is 1. The van der Waals surface area contributed by atoms with Crippen LogP contribution in [0.5, 0.6) is 0 Å². The van der Waals surface area contributed by atoms with Crippen molar-refractivity contribution in [3.63, 3.8) is 0 Å². The van der Waals surface area contributed by atoms with E-state index in [4.69, 9.17) is 0 Å². The van der Waals surface area contributed by atoms with E-state index in [0.717, 1.165) is 6.20 Å². The van der Waals surface area contributed by atoms with E-state index in [2.05, 4.69) is 9.97 Å². The van der Waals surface area contributed by atoms with Crippen molar-refractivity contribution >= 4 is 5.82 Å². The van der Waals surface area contributed by atoms with Crippen LogP contribution in [0.25, 0.3) is 0 Å². The van der Waals surface area contributed by atoms with E-state index < -0.39 is 22.6 Å². The lowest BCUT2D eigenvalue weighted by atomic mass is 10.3. The highest BCUT2D eigenvalue weighted by atomic mass is 19.4. The van der Waals surface area contributed by atoms with Crippen LogP contribution in [0.2, 0.25) is 0 Å². The van der Waals surface area contributed by atoms with Gasteiger partial charge in [-0.25, -0.2) is 4.98 Å². The van der Waals surface area contributed by atoms with Gasteiger partial charge in [-0.15, -0.1) is 0 Å². The summed E-state index contributed by atoms with van der Waals surface area (Å²) >= 11 is 0. The van der Waals surface area contributed by atoms with Crippen molar-refractivity contribution in [1.29, 1.82) is 0 Å². The Bertz CT molecular complexity index is 377. The van der Waals surface area contributed by atoms with E-state index in [1.165, 1.54) is 6.92 Å². The zero-order valence-corrected chi connectivity index (χ0v) is 6.87. The zero-order chi connectivity index (χ0) is 10.9. The average molecular weight is 207 g/mol. The molecule has 0 aliphatic heterocycles. The predicted octanol–water partition coefficient (Wildman–Crippen LogP) is 1.71. The number of hydrogen-bond donors (Lipinski definition) is 0. The van der Waals surface area contributed by atoms with E-state index in [-0.39, 0.29) is 5.69 Å². The highest BCUT2D eigenvalue weighted by molar-refractivity contribution is 5.28. The second kappa shape index (κ2) is 3.20. The molecule has 1 aromatic rings. The van der Waals surface area contributed by atoms with Gasteiger partial charge in [-0.3, -0.25) is 0 Å². The maximum absolute atomic E-state index is 12.2. The maximum Gasteiger partial charge on any atom is 0.441 e. The Hall–Kier alpha value is -1.73. The molecule has 1 rings (SSSR count). The minimum absolute atomic E-state index is 0.0251. The van der Waals surface area contributed by atoms with Crippen LogP contribution >= 0.6 is 0 Å². The van der Waals surface area contributed by atoms with E-state index in [9.17, 15) is 23.3 Å². The van der Waals surface area contributed by atoms with Gasteiger partial charge < -0.3 is 10.1 Å². The van der Waals surface area contributed by atoms with E-state index >= 15 is 0 Å².